The third kappa shape index (κ3) is 6.84. The Morgan fingerprint density at radius 1 is 0.491 bits per heavy atom. The van der Waals surface area contributed by atoms with E-state index in [0.717, 1.165) is 29.8 Å². The molecule has 0 unspecified atom stereocenters. The van der Waals surface area contributed by atoms with Crippen LogP contribution in [0.3, 0.4) is 0 Å². The summed E-state index contributed by atoms with van der Waals surface area (Å²) in [6.07, 6.45) is -7.65. The molecule has 0 aliphatic carbocycles. The van der Waals surface area contributed by atoms with Gasteiger partial charge < -0.3 is 0 Å². The van der Waals surface area contributed by atoms with Gasteiger partial charge in [0, 0.05) is 5.54 Å². The van der Waals surface area contributed by atoms with Crippen molar-refractivity contribution in [1.29, 1.82) is 0 Å². The molecule has 2 aliphatic rings. The maximum atomic E-state index is 14.6. The molecule has 4 aromatic rings. The number of carbonyl (C=O) groups is 4. The Kier molecular flexibility index (Phi) is 9.89. The van der Waals surface area contributed by atoms with E-state index in [-0.39, 0.29) is 22.9 Å². The third-order valence-electron chi connectivity index (χ3n) is 11.5. The molecule has 4 aromatic carbocycles. The fourth-order valence-corrected chi connectivity index (χ4v) is 7.25. The molecule has 0 saturated heterocycles. The van der Waals surface area contributed by atoms with Gasteiger partial charge in [0.2, 0.25) is 0 Å². The van der Waals surface area contributed by atoms with Crippen molar-refractivity contribution in [3.8, 4) is 11.1 Å². The highest BCUT2D eigenvalue weighted by Crippen LogP contribution is 2.46. The van der Waals surface area contributed by atoms with Gasteiger partial charge in [0.25, 0.3) is 23.6 Å². The predicted octanol–water partition coefficient (Wildman–Crippen LogP) is 10.8. The number of rotatable bonds is 10. The first-order valence-corrected chi connectivity index (χ1v) is 18.1. The van der Waals surface area contributed by atoms with Gasteiger partial charge in [-0.05, 0) is 115 Å². The van der Waals surface area contributed by atoms with Crippen LogP contribution in [-0.2, 0) is 30.6 Å². The summed E-state index contributed by atoms with van der Waals surface area (Å²) in [5.41, 5.74) is -3.49. The number of alkyl halides is 6. The van der Waals surface area contributed by atoms with Gasteiger partial charge in [0.15, 0.2) is 0 Å². The lowest BCUT2D eigenvalue weighted by molar-refractivity contribution is -0.139. The van der Waals surface area contributed by atoms with Crippen molar-refractivity contribution < 1.29 is 45.5 Å². The van der Waals surface area contributed by atoms with E-state index in [2.05, 4.69) is 0 Å². The molecule has 0 saturated carbocycles. The van der Waals surface area contributed by atoms with E-state index in [1.807, 2.05) is 20.8 Å². The van der Waals surface area contributed by atoms with Crippen LogP contribution >= 0.6 is 0 Å². The van der Waals surface area contributed by atoms with E-state index >= 15 is 0 Å². The molecule has 0 spiro atoms. The molecule has 0 fully saturated rings. The Morgan fingerprint density at radius 3 is 1.44 bits per heavy atom. The number of amides is 4. The fraction of sp³-hybridized carbons (Fsp3) is 0.349. The Hall–Kier alpha value is -5.26. The van der Waals surface area contributed by atoms with Crippen molar-refractivity contribution >= 4 is 29.3 Å². The van der Waals surface area contributed by atoms with E-state index in [0.29, 0.717) is 65.3 Å². The normalized spacial score (nSPS) is 15.0. The molecular formula is C43H40F6N2O4. The lowest BCUT2D eigenvalue weighted by atomic mass is 9.80. The number of aryl methyl sites for hydroxylation is 2. The van der Waals surface area contributed by atoms with Crippen LogP contribution in [0.25, 0.3) is 11.1 Å². The molecular weight excluding hydrogens is 722 g/mol. The van der Waals surface area contributed by atoms with Crippen LogP contribution in [0.1, 0.15) is 130 Å². The first-order valence-electron chi connectivity index (χ1n) is 18.1. The van der Waals surface area contributed by atoms with Crippen molar-refractivity contribution in [3.63, 3.8) is 0 Å². The van der Waals surface area contributed by atoms with Crippen molar-refractivity contribution in [2.24, 2.45) is 0 Å². The number of fused-ring (bicyclic) bond motifs is 2. The summed E-state index contributed by atoms with van der Waals surface area (Å²) in [6.45, 7) is 11.0. The van der Waals surface area contributed by atoms with Crippen molar-refractivity contribution in [2.75, 3.05) is 4.90 Å². The standard InChI is InChI=1S/C43H40F6N2O4/c1-7-40(4,5)26-14-18-28(34(22-26)42(44,45)46)29-19-15-27(23-35(29)43(47,48)49)50-36(52)30-16-12-24(20-32(30)37(50)53)10-11-25-13-17-31-33(21-25)39(55)51(38(31)54)41(6,8-2)9-3/h12-23H,7-11H2,1-6H3. The number of benzene rings is 4. The Morgan fingerprint density at radius 2 is 0.927 bits per heavy atom. The zero-order valence-electron chi connectivity index (χ0n) is 31.3. The van der Waals surface area contributed by atoms with E-state index in [1.165, 1.54) is 23.1 Å². The smallest absolute Gasteiger partial charge is 0.269 e. The summed E-state index contributed by atoms with van der Waals surface area (Å²) in [6, 6.07) is 15.3. The molecule has 6 nitrogen and oxygen atoms in total. The number of imide groups is 2. The van der Waals surface area contributed by atoms with Gasteiger partial charge in [-0.3, -0.25) is 24.1 Å². The molecule has 4 amide bonds. The zero-order chi connectivity index (χ0) is 40.4. The molecule has 0 atom stereocenters. The van der Waals surface area contributed by atoms with Crippen molar-refractivity contribution in [3.05, 3.63) is 123 Å². The van der Waals surface area contributed by atoms with Gasteiger partial charge in [-0.25, -0.2) is 4.90 Å². The molecule has 55 heavy (non-hydrogen) atoms. The number of anilines is 1. The average Bonchev–Trinajstić information content (AvgIpc) is 3.55. The number of halogens is 6. The maximum absolute atomic E-state index is 14.6. The monoisotopic (exact) mass is 762 g/mol. The Bertz CT molecular complexity index is 2250. The third-order valence-corrected chi connectivity index (χ3v) is 11.5. The van der Waals surface area contributed by atoms with Gasteiger partial charge >= 0.3 is 12.4 Å². The average molecular weight is 763 g/mol. The van der Waals surface area contributed by atoms with Crippen LogP contribution in [0.4, 0.5) is 32.0 Å². The second kappa shape index (κ2) is 13.8. The first kappa shape index (κ1) is 39.4. The summed E-state index contributed by atoms with van der Waals surface area (Å²) in [5, 5.41) is 0. The summed E-state index contributed by atoms with van der Waals surface area (Å²) >= 11 is 0. The van der Waals surface area contributed by atoms with Crippen LogP contribution in [0.15, 0.2) is 72.8 Å². The van der Waals surface area contributed by atoms with Crippen LogP contribution in [0.5, 0.6) is 0 Å². The number of carbonyl (C=O) groups excluding carboxylic acids is 4. The number of hydrogen-bond donors (Lipinski definition) is 0. The summed E-state index contributed by atoms with van der Waals surface area (Å²) in [7, 11) is 0. The van der Waals surface area contributed by atoms with E-state index in [4.69, 9.17) is 0 Å². The second-order valence-corrected chi connectivity index (χ2v) is 15.1. The Labute approximate surface area is 315 Å². The molecule has 2 aliphatic heterocycles. The van der Waals surface area contributed by atoms with Crippen molar-refractivity contribution in [2.45, 2.75) is 97.0 Å². The summed E-state index contributed by atoms with van der Waals surface area (Å²) in [4.78, 5) is 55.5. The number of nitrogens with zero attached hydrogens (tertiary/aromatic N) is 2. The lowest BCUT2D eigenvalue weighted by Gasteiger charge is -2.35. The molecule has 12 heteroatoms. The zero-order valence-corrected chi connectivity index (χ0v) is 31.3. The van der Waals surface area contributed by atoms with E-state index in [1.54, 1.807) is 45.0 Å². The minimum atomic E-state index is -5.14. The highest BCUT2D eigenvalue weighted by Gasteiger charge is 2.45. The molecule has 288 valence electrons. The topological polar surface area (TPSA) is 74.8 Å². The first-order chi connectivity index (χ1) is 25.7. The molecule has 6 rings (SSSR count). The van der Waals surface area contributed by atoms with Gasteiger partial charge in [0.05, 0.1) is 39.1 Å². The van der Waals surface area contributed by atoms with Crippen LogP contribution < -0.4 is 4.90 Å². The fourth-order valence-electron chi connectivity index (χ4n) is 7.25. The highest BCUT2D eigenvalue weighted by atomic mass is 19.4. The minimum absolute atomic E-state index is 0.0302. The molecule has 0 radical (unpaired) electrons. The highest BCUT2D eigenvalue weighted by molar-refractivity contribution is 6.34. The van der Waals surface area contributed by atoms with Gasteiger partial charge in [0.1, 0.15) is 0 Å². The summed E-state index contributed by atoms with van der Waals surface area (Å²) < 4.78 is 86.8. The lowest BCUT2D eigenvalue weighted by Crippen LogP contribution is -2.48. The van der Waals surface area contributed by atoms with Crippen LogP contribution in [0, 0.1) is 0 Å². The van der Waals surface area contributed by atoms with Gasteiger partial charge in [-0.1, -0.05) is 65.0 Å². The molecule has 0 aromatic heterocycles. The largest absolute Gasteiger partial charge is 0.417 e. The van der Waals surface area contributed by atoms with E-state index < -0.39 is 63.1 Å². The minimum Gasteiger partial charge on any atom is -0.269 e. The molecule has 2 heterocycles. The SMILES string of the molecule is CCC(C)(C)c1ccc(-c2ccc(N3C(=O)c4ccc(CCc5ccc6c(c5)C(=O)N(C(C)(CC)CC)C6=O)cc4C3=O)cc2C(F)(F)F)c(C(F)(F)F)c1. The van der Waals surface area contributed by atoms with Crippen LogP contribution in [-0.4, -0.2) is 34.1 Å². The van der Waals surface area contributed by atoms with Gasteiger partial charge in [-0.2, -0.15) is 26.3 Å². The second-order valence-electron chi connectivity index (χ2n) is 15.1. The summed E-state index contributed by atoms with van der Waals surface area (Å²) in [5.74, 6) is -2.43. The molecule has 0 N–H and O–H groups in total. The van der Waals surface area contributed by atoms with Crippen molar-refractivity contribution in [1.82, 2.24) is 4.90 Å². The van der Waals surface area contributed by atoms with Gasteiger partial charge in [-0.15, -0.1) is 0 Å². The quantitative estimate of drug-likeness (QED) is 0.119. The predicted molar refractivity (Wildman–Crippen MR) is 196 cm³/mol. The van der Waals surface area contributed by atoms with E-state index in [9.17, 15) is 45.5 Å². The maximum Gasteiger partial charge on any atom is 0.417 e. The Balaban J connectivity index is 1.27. The number of hydrogen-bond acceptors (Lipinski definition) is 4. The van der Waals surface area contributed by atoms with Crippen LogP contribution in [0.2, 0.25) is 0 Å². The molecule has 0 bridgehead atoms.